The number of hydrogen-bond donors (Lipinski definition) is 1. The Balaban J connectivity index is 1.24. The number of nitrogens with zero attached hydrogens (tertiary/aromatic N) is 3. The molecular weight excluding hydrogens is 456 g/mol. The molecule has 2 heterocycles. The first-order valence-corrected chi connectivity index (χ1v) is 14.7. The largest absolute Gasteiger partial charge is 0.351 e. The standard InChI is InChI=1S/C28H38N4O2S/c1-17-4-2-3-5-22(17)30-28-31-29-16-32(28)20-11-13-25-21(14-20)27(23(33)12-8-18-6-7-18)26(35-25)15-24(34)19-9-10-19/h16-20,22H,2-15H2,1H3,(H,30,31)/t17?,20-,22?/m0/s1. The van der Waals surface area contributed by atoms with Crippen LogP contribution in [0.15, 0.2) is 6.33 Å². The number of anilines is 1. The molecule has 3 saturated carbocycles. The van der Waals surface area contributed by atoms with Gasteiger partial charge in [-0.2, -0.15) is 0 Å². The van der Waals surface area contributed by atoms with Gasteiger partial charge < -0.3 is 5.32 Å². The van der Waals surface area contributed by atoms with Gasteiger partial charge in [-0.15, -0.1) is 21.5 Å². The van der Waals surface area contributed by atoms with Gasteiger partial charge in [0.15, 0.2) is 5.78 Å². The molecule has 3 atom stereocenters. The van der Waals surface area contributed by atoms with Crippen LogP contribution in [0.25, 0.3) is 0 Å². The van der Waals surface area contributed by atoms with Crippen molar-refractivity contribution in [3.8, 4) is 0 Å². The van der Waals surface area contributed by atoms with Crippen LogP contribution in [0.2, 0.25) is 0 Å². The molecule has 0 radical (unpaired) electrons. The third kappa shape index (κ3) is 5.11. The minimum Gasteiger partial charge on any atom is -0.351 e. The fourth-order valence-electron chi connectivity index (χ4n) is 6.19. The van der Waals surface area contributed by atoms with Crippen LogP contribution in [0.4, 0.5) is 5.95 Å². The molecule has 0 aromatic carbocycles. The normalized spacial score (nSPS) is 26.4. The Morgan fingerprint density at radius 3 is 2.71 bits per heavy atom. The molecule has 4 aliphatic rings. The number of ketones is 2. The SMILES string of the molecule is CC1CCCCC1Nc1nncn1[C@H]1CCc2sc(CC(=O)C3CC3)c(C(=O)CCC3CC3)c2C1. The molecule has 35 heavy (non-hydrogen) atoms. The first kappa shape index (κ1) is 23.4. The highest BCUT2D eigenvalue weighted by atomic mass is 32.1. The monoisotopic (exact) mass is 494 g/mol. The van der Waals surface area contributed by atoms with Crippen molar-refractivity contribution in [3.63, 3.8) is 0 Å². The van der Waals surface area contributed by atoms with E-state index in [4.69, 9.17) is 0 Å². The fraction of sp³-hybridized carbons (Fsp3) is 0.714. The number of fused-ring (bicyclic) bond motifs is 1. The number of thiophene rings is 1. The first-order chi connectivity index (χ1) is 17.1. The van der Waals surface area contributed by atoms with Crippen LogP contribution in [-0.2, 0) is 24.1 Å². The Hall–Kier alpha value is -2.02. The Morgan fingerprint density at radius 1 is 1.11 bits per heavy atom. The van der Waals surface area contributed by atoms with Gasteiger partial charge in [0.2, 0.25) is 5.95 Å². The van der Waals surface area contributed by atoms with Gasteiger partial charge in [-0.3, -0.25) is 14.2 Å². The van der Waals surface area contributed by atoms with Gasteiger partial charge in [0, 0.05) is 46.2 Å². The van der Waals surface area contributed by atoms with Crippen LogP contribution in [-0.4, -0.2) is 32.4 Å². The number of aromatic nitrogens is 3. The van der Waals surface area contributed by atoms with Crippen molar-refractivity contribution < 1.29 is 9.59 Å². The molecule has 2 aromatic rings. The van der Waals surface area contributed by atoms with Crippen molar-refractivity contribution >= 4 is 28.9 Å². The zero-order chi connectivity index (χ0) is 23.9. The summed E-state index contributed by atoms with van der Waals surface area (Å²) in [6.07, 6.45) is 16.4. The van der Waals surface area contributed by atoms with Crippen LogP contribution in [0.1, 0.15) is 109 Å². The molecule has 6 rings (SSSR count). The van der Waals surface area contributed by atoms with Gasteiger partial charge in [0.05, 0.1) is 0 Å². The number of Topliss-reactive ketones (excluding diaryl/α,β-unsaturated/α-hetero) is 2. The minimum absolute atomic E-state index is 0.240. The summed E-state index contributed by atoms with van der Waals surface area (Å²) in [5.41, 5.74) is 2.13. The molecule has 0 saturated heterocycles. The van der Waals surface area contributed by atoms with E-state index >= 15 is 0 Å². The van der Waals surface area contributed by atoms with Crippen molar-refractivity contribution in [1.29, 1.82) is 0 Å². The summed E-state index contributed by atoms with van der Waals surface area (Å²) in [5, 5.41) is 12.4. The zero-order valence-electron chi connectivity index (χ0n) is 20.9. The smallest absolute Gasteiger partial charge is 0.224 e. The first-order valence-electron chi connectivity index (χ1n) is 13.9. The summed E-state index contributed by atoms with van der Waals surface area (Å²) in [6.45, 7) is 2.33. The van der Waals surface area contributed by atoms with E-state index < -0.39 is 0 Å². The van der Waals surface area contributed by atoms with Gasteiger partial charge in [0.1, 0.15) is 12.1 Å². The van der Waals surface area contributed by atoms with E-state index in [9.17, 15) is 9.59 Å². The number of aryl methyl sites for hydroxylation is 1. The maximum absolute atomic E-state index is 13.5. The zero-order valence-corrected chi connectivity index (χ0v) is 21.7. The summed E-state index contributed by atoms with van der Waals surface area (Å²) in [6, 6.07) is 0.696. The van der Waals surface area contributed by atoms with Crippen LogP contribution in [0.3, 0.4) is 0 Å². The quantitative estimate of drug-likeness (QED) is 0.413. The molecule has 0 aliphatic heterocycles. The Bertz CT molecular complexity index is 1100. The fourth-order valence-corrected chi connectivity index (χ4v) is 7.57. The average Bonchev–Trinajstić information content (AvgIpc) is 3.78. The Morgan fingerprint density at radius 2 is 1.94 bits per heavy atom. The maximum Gasteiger partial charge on any atom is 0.224 e. The highest BCUT2D eigenvalue weighted by molar-refractivity contribution is 7.12. The lowest BCUT2D eigenvalue weighted by atomic mass is 9.86. The molecule has 6 nitrogen and oxygen atoms in total. The Labute approximate surface area is 212 Å². The number of rotatable bonds is 10. The second-order valence-electron chi connectivity index (χ2n) is 11.6. The summed E-state index contributed by atoms with van der Waals surface area (Å²) in [4.78, 5) is 28.6. The van der Waals surface area contributed by atoms with Crippen LogP contribution in [0.5, 0.6) is 0 Å². The summed E-state index contributed by atoms with van der Waals surface area (Å²) >= 11 is 1.75. The van der Waals surface area contributed by atoms with E-state index in [0.29, 0.717) is 30.6 Å². The van der Waals surface area contributed by atoms with Gasteiger partial charge in [-0.1, -0.05) is 32.6 Å². The van der Waals surface area contributed by atoms with E-state index in [1.54, 1.807) is 11.3 Å². The maximum atomic E-state index is 13.5. The molecule has 188 valence electrons. The summed E-state index contributed by atoms with van der Waals surface area (Å²) in [5.74, 6) is 3.11. The predicted molar refractivity (Wildman–Crippen MR) is 138 cm³/mol. The van der Waals surface area contributed by atoms with E-state index in [2.05, 4.69) is 27.0 Å². The summed E-state index contributed by atoms with van der Waals surface area (Å²) in [7, 11) is 0. The van der Waals surface area contributed by atoms with Gasteiger partial charge in [0.25, 0.3) is 0 Å². The van der Waals surface area contributed by atoms with Crippen molar-refractivity contribution in [1.82, 2.24) is 14.8 Å². The van der Waals surface area contributed by atoms with E-state index in [1.807, 2.05) is 6.33 Å². The summed E-state index contributed by atoms with van der Waals surface area (Å²) < 4.78 is 2.22. The van der Waals surface area contributed by atoms with Crippen LogP contribution >= 0.6 is 11.3 Å². The number of carbonyl (C=O) groups is 2. The minimum atomic E-state index is 0.240. The van der Waals surface area contributed by atoms with Gasteiger partial charge in [-0.05, 0) is 68.8 Å². The topological polar surface area (TPSA) is 76.9 Å². The third-order valence-corrected chi connectivity index (χ3v) is 10.1. The van der Waals surface area contributed by atoms with Crippen molar-refractivity contribution in [2.24, 2.45) is 17.8 Å². The van der Waals surface area contributed by atoms with Crippen molar-refractivity contribution in [2.75, 3.05) is 5.32 Å². The number of carbonyl (C=O) groups excluding carboxylic acids is 2. The third-order valence-electron chi connectivity index (χ3n) is 8.82. The number of nitrogens with one attached hydrogen (secondary N) is 1. The second kappa shape index (κ2) is 9.79. The molecule has 0 bridgehead atoms. The molecule has 0 amide bonds. The predicted octanol–water partition coefficient (Wildman–Crippen LogP) is 5.95. The molecule has 3 fully saturated rings. The highest BCUT2D eigenvalue weighted by Crippen LogP contribution is 2.42. The lowest BCUT2D eigenvalue weighted by Gasteiger charge is -2.31. The van der Waals surface area contributed by atoms with Crippen LogP contribution in [0, 0.1) is 17.8 Å². The molecule has 2 aromatic heterocycles. The molecule has 1 N–H and O–H groups in total. The lowest BCUT2D eigenvalue weighted by Crippen LogP contribution is -2.32. The number of hydrogen-bond acceptors (Lipinski definition) is 6. The van der Waals surface area contributed by atoms with Crippen LogP contribution < -0.4 is 5.32 Å². The Kier molecular flexibility index (Phi) is 6.54. The average molecular weight is 495 g/mol. The molecule has 7 heteroatoms. The molecule has 0 spiro atoms. The molecular formula is C28H38N4O2S. The lowest BCUT2D eigenvalue weighted by molar-refractivity contribution is -0.119. The van der Waals surface area contributed by atoms with Gasteiger partial charge in [-0.25, -0.2) is 0 Å². The van der Waals surface area contributed by atoms with Gasteiger partial charge >= 0.3 is 0 Å². The van der Waals surface area contributed by atoms with E-state index in [0.717, 1.165) is 60.8 Å². The van der Waals surface area contributed by atoms with E-state index in [1.165, 1.54) is 49.0 Å². The molecule has 2 unspecified atom stereocenters. The second-order valence-corrected chi connectivity index (χ2v) is 12.8. The molecule has 4 aliphatic carbocycles. The van der Waals surface area contributed by atoms with E-state index in [-0.39, 0.29) is 17.7 Å². The van der Waals surface area contributed by atoms with Crippen molar-refractivity contribution in [2.45, 2.75) is 109 Å². The van der Waals surface area contributed by atoms with Crippen molar-refractivity contribution in [3.05, 3.63) is 27.2 Å². The highest BCUT2D eigenvalue weighted by Gasteiger charge is 2.35.